The maximum atomic E-state index is 10.3. The second-order valence-corrected chi connectivity index (χ2v) is 6.63. The smallest absolute Gasteiger partial charge is 0.857 e. The number of rotatable bonds is 12. The van der Waals surface area contributed by atoms with Crippen LogP contribution in [0.1, 0.15) is 84.0 Å². The molecular formula is C21H37NaO3. The first-order valence-corrected chi connectivity index (χ1v) is 9.67. The third-order valence-corrected chi connectivity index (χ3v) is 4.70. The standard InChI is InChI=1S/C20H34O2.CH3O.Na/c1-2-3-4-5-6-8-12-18-13-11-14-19(18)17-20(22)15-9-7-10-16-21;1-2;/h8,12,15-16,18-19,22H,2-7,9-11,13-14,17H2,1H3;1H3;/q;-1;+1/b12-8+,20-15-;;/t18?,19-;;/m1../s1. The maximum absolute atomic E-state index is 10.3. The van der Waals surface area contributed by atoms with Crippen LogP contribution in [-0.2, 0) is 4.79 Å². The van der Waals surface area contributed by atoms with E-state index in [1.807, 2.05) is 6.08 Å². The Bertz CT molecular complexity index is 353. The zero-order chi connectivity index (χ0) is 18.0. The van der Waals surface area contributed by atoms with E-state index in [1.165, 1.54) is 51.4 Å². The zero-order valence-electron chi connectivity index (χ0n) is 16.7. The minimum atomic E-state index is 0. The van der Waals surface area contributed by atoms with Crippen LogP contribution in [0.3, 0.4) is 0 Å². The molecule has 140 valence electrons. The monoisotopic (exact) mass is 360 g/mol. The average molecular weight is 361 g/mol. The topological polar surface area (TPSA) is 60.4 Å². The molecular weight excluding hydrogens is 323 g/mol. The first kappa shape index (κ1) is 27.1. The van der Waals surface area contributed by atoms with Crippen LogP contribution in [0.25, 0.3) is 0 Å². The third kappa shape index (κ3) is 14.7. The Hall–Kier alpha value is -0.0900. The van der Waals surface area contributed by atoms with Crippen LogP contribution in [0.15, 0.2) is 24.0 Å². The summed E-state index contributed by atoms with van der Waals surface area (Å²) in [6.07, 6.45) is 21.0. The average Bonchev–Trinajstić information content (AvgIpc) is 3.03. The van der Waals surface area contributed by atoms with Crippen molar-refractivity contribution in [2.24, 2.45) is 11.8 Å². The minimum Gasteiger partial charge on any atom is -0.857 e. The molecule has 0 aromatic heterocycles. The van der Waals surface area contributed by atoms with Crippen molar-refractivity contribution in [2.75, 3.05) is 7.11 Å². The molecule has 0 aromatic carbocycles. The fraction of sp³-hybridized carbons (Fsp3) is 0.762. The van der Waals surface area contributed by atoms with E-state index in [1.54, 1.807) is 0 Å². The van der Waals surface area contributed by atoms with Crippen LogP contribution >= 0.6 is 0 Å². The Morgan fingerprint density at radius 2 is 1.84 bits per heavy atom. The molecule has 1 fully saturated rings. The van der Waals surface area contributed by atoms with Crippen LogP contribution < -0.4 is 34.7 Å². The van der Waals surface area contributed by atoms with Gasteiger partial charge in [0.2, 0.25) is 0 Å². The van der Waals surface area contributed by atoms with Gasteiger partial charge in [0, 0.05) is 12.8 Å². The Morgan fingerprint density at radius 1 is 1.08 bits per heavy atom. The molecule has 0 spiro atoms. The number of aliphatic hydroxyl groups is 1. The summed E-state index contributed by atoms with van der Waals surface area (Å²) >= 11 is 0. The van der Waals surface area contributed by atoms with Crippen molar-refractivity contribution in [2.45, 2.75) is 84.0 Å². The summed E-state index contributed by atoms with van der Waals surface area (Å²) in [5, 5.41) is 18.3. The zero-order valence-corrected chi connectivity index (χ0v) is 18.7. The summed E-state index contributed by atoms with van der Waals surface area (Å²) in [5.74, 6) is 1.78. The second kappa shape index (κ2) is 20.2. The van der Waals surface area contributed by atoms with Gasteiger partial charge < -0.3 is 15.0 Å². The van der Waals surface area contributed by atoms with Gasteiger partial charge in [0.1, 0.15) is 6.29 Å². The van der Waals surface area contributed by atoms with Crippen LogP contribution in [-0.4, -0.2) is 18.5 Å². The van der Waals surface area contributed by atoms with E-state index >= 15 is 0 Å². The van der Waals surface area contributed by atoms with Gasteiger partial charge in [-0.25, -0.2) is 0 Å². The molecule has 0 radical (unpaired) electrons. The van der Waals surface area contributed by atoms with Crippen molar-refractivity contribution in [3.05, 3.63) is 24.0 Å². The number of hydrogen-bond donors (Lipinski definition) is 1. The van der Waals surface area contributed by atoms with Gasteiger partial charge in [-0.2, -0.15) is 7.11 Å². The van der Waals surface area contributed by atoms with Crippen LogP contribution in [0.4, 0.5) is 0 Å². The summed E-state index contributed by atoms with van der Waals surface area (Å²) in [5.41, 5.74) is 0. The number of hydrogen-bond acceptors (Lipinski definition) is 3. The molecule has 0 aliphatic heterocycles. The van der Waals surface area contributed by atoms with Gasteiger partial charge in [0.25, 0.3) is 0 Å². The largest absolute Gasteiger partial charge is 1.00 e. The normalized spacial score (nSPS) is 20.0. The van der Waals surface area contributed by atoms with E-state index in [9.17, 15) is 9.90 Å². The molecule has 1 aliphatic rings. The molecule has 0 heterocycles. The fourth-order valence-corrected chi connectivity index (χ4v) is 3.35. The van der Waals surface area contributed by atoms with Crippen LogP contribution in [0.5, 0.6) is 0 Å². The molecule has 0 amide bonds. The molecule has 3 nitrogen and oxygen atoms in total. The SMILES string of the molecule is CCCCCC/C=C/C1CCC[C@@H]1C/C(O)=C/CCCC=O.C[O-].[Na+]. The molecule has 25 heavy (non-hydrogen) atoms. The van der Waals surface area contributed by atoms with Crippen LogP contribution in [0, 0.1) is 11.8 Å². The van der Waals surface area contributed by atoms with E-state index in [0.29, 0.717) is 24.0 Å². The van der Waals surface area contributed by atoms with Crippen LogP contribution in [0.2, 0.25) is 0 Å². The van der Waals surface area contributed by atoms with Gasteiger partial charge in [-0.15, -0.1) is 0 Å². The van der Waals surface area contributed by atoms with Crippen molar-refractivity contribution >= 4 is 6.29 Å². The molecule has 1 aliphatic carbocycles. The van der Waals surface area contributed by atoms with E-state index in [4.69, 9.17) is 5.11 Å². The van der Waals surface area contributed by atoms with Gasteiger partial charge in [-0.3, -0.25) is 0 Å². The van der Waals surface area contributed by atoms with E-state index in [-0.39, 0.29) is 29.6 Å². The molecule has 0 saturated heterocycles. The molecule has 0 aromatic rings. The first-order chi connectivity index (χ1) is 11.8. The van der Waals surface area contributed by atoms with E-state index in [0.717, 1.165) is 32.7 Å². The molecule has 1 unspecified atom stereocenters. The number of aldehydes is 1. The quantitative estimate of drug-likeness (QED) is 0.191. The summed E-state index contributed by atoms with van der Waals surface area (Å²) < 4.78 is 0. The third-order valence-electron chi connectivity index (χ3n) is 4.70. The van der Waals surface area contributed by atoms with Crippen molar-refractivity contribution < 1.29 is 44.6 Å². The van der Waals surface area contributed by atoms with Gasteiger partial charge in [-0.1, -0.05) is 44.8 Å². The predicted octanol–water partition coefficient (Wildman–Crippen LogP) is 2.11. The maximum Gasteiger partial charge on any atom is 1.00 e. The van der Waals surface area contributed by atoms with Gasteiger partial charge >= 0.3 is 29.6 Å². The Labute approximate surface area is 177 Å². The number of allylic oxidation sites excluding steroid dienone is 4. The number of unbranched alkanes of at least 4 members (excludes halogenated alkanes) is 6. The first-order valence-electron chi connectivity index (χ1n) is 9.67. The van der Waals surface area contributed by atoms with E-state index < -0.39 is 0 Å². The molecule has 2 atom stereocenters. The Balaban J connectivity index is 0. The summed E-state index contributed by atoms with van der Waals surface area (Å²) in [7, 11) is 0.750. The summed E-state index contributed by atoms with van der Waals surface area (Å²) in [6, 6.07) is 0. The van der Waals surface area contributed by atoms with Crippen molar-refractivity contribution in [1.29, 1.82) is 0 Å². The number of carbonyl (C=O) groups excluding carboxylic acids is 1. The summed E-state index contributed by atoms with van der Waals surface area (Å²) in [6.45, 7) is 2.25. The fourth-order valence-electron chi connectivity index (χ4n) is 3.35. The van der Waals surface area contributed by atoms with Gasteiger partial charge in [0.05, 0.1) is 5.76 Å². The molecule has 1 saturated carbocycles. The van der Waals surface area contributed by atoms with Crippen molar-refractivity contribution in [1.82, 2.24) is 0 Å². The molecule has 0 bridgehead atoms. The number of aliphatic hydroxyl groups excluding tert-OH is 1. The Morgan fingerprint density at radius 3 is 2.52 bits per heavy atom. The molecule has 1 rings (SSSR count). The summed E-state index contributed by atoms with van der Waals surface area (Å²) in [4.78, 5) is 10.3. The molecule has 4 heteroatoms. The molecule has 1 N–H and O–H groups in total. The number of carbonyl (C=O) groups is 1. The predicted molar refractivity (Wildman–Crippen MR) is 99.9 cm³/mol. The van der Waals surface area contributed by atoms with Crippen molar-refractivity contribution in [3.63, 3.8) is 0 Å². The van der Waals surface area contributed by atoms with E-state index in [2.05, 4.69) is 19.1 Å². The second-order valence-electron chi connectivity index (χ2n) is 6.63. The van der Waals surface area contributed by atoms with Gasteiger partial charge in [0.15, 0.2) is 0 Å². The Kier molecular flexibility index (Phi) is 21.9. The van der Waals surface area contributed by atoms with Crippen molar-refractivity contribution in [3.8, 4) is 0 Å². The van der Waals surface area contributed by atoms with Gasteiger partial charge in [-0.05, 0) is 56.4 Å². The minimum absolute atomic E-state index is 0.